The summed E-state index contributed by atoms with van der Waals surface area (Å²) < 4.78 is 5.33. The zero-order valence-electron chi connectivity index (χ0n) is 11.8. The normalized spacial score (nSPS) is 21.5. The lowest BCUT2D eigenvalue weighted by molar-refractivity contribution is -0.136. The zero-order valence-corrected chi connectivity index (χ0v) is 11.8. The molecule has 21 heavy (non-hydrogen) atoms. The summed E-state index contributed by atoms with van der Waals surface area (Å²) in [5.41, 5.74) is 3.02. The summed E-state index contributed by atoms with van der Waals surface area (Å²) in [5.74, 6) is 0.270. The highest BCUT2D eigenvalue weighted by molar-refractivity contribution is 5.80. The van der Waals surface area contributed by atoms with Gasteiger partial charge >= 0.3 is 0 Å². The van der Waals surface area contributed by atoms with Gasteiger partial charge < -0.3 is 9.64 Å². The molecule has 0 N–H and O–H groups in total. The molecule has 1 fully saturated rings. The minimum absolute atomic E-state index is 0.0432. The van der Waals surface area contributed by atoms with Gasteiger partial charge in [-0.3, -0.25) is 4.79 Å². The fraction of sp³-hybridized carbons (Fsp3) is 0.438. The first-order valence-electron chi connectivity index (χ1n) is 7.41. The van der Waals surface area contributed by atoms with Gasteiger partial charge in [0.2, 0.25) is 5.91 Å². The predicted octanol–water partition coefficient (Wildman–Crippen LogP) is 1.55. The fourth-order valence-electron chi connectivity index (χ4n) is 3.14. The Morgan fingerprint density at radius 3 is 3.24 bits per heavy atom. The van der Waals surface area contributed by atoms with Crippen molar-refractivity contribution in [3.05, 3.63) is 35.7 Å². The minimum Gasteiger partial charge on any atom is -0.381 e. The van der Waals surface area contributed by atoms with Crippen molar-refractivity contribution in [2.75, 3.05) is 19.8 Å². The SMILES string of the molecule is O=C(C1CCOC1)N1CCc2nc3ncccc3cc2C1. The summed E-state index contributed by atoms with van der Waals surface area (Å²) in [5, 5.41) is 1.04. The molecule has 4 heterocycles. The van der Waals surface area contributed by atoms with Gasteiger partial charge in [0.05, 0.1) is 12.5 Å². The number of carbonyl (C=O) groups is 1. The number of hydrogen-bond acceptors (Lipinski definition) is 4. The van der Waals surface area contributed by atoms with Crippen LogP contribution < -0.4 is 0 Å². The Balaban J connectivity index is 1.61. The molecule has 0 aromatic carbocycles. The molecule has 5 heteroatoms. The van der Waals surface area contributed by atoms with Gasteiger partial charge in [-0.1, -0.05) is 0 Å². The Hall–Kier alpha value is -2.01. The van der Waals surface area contributed by atoms with E-state index in [0.29, 0.717) is 19.8 Å². The average Bonchev–Trinajstić information content (AvgIpc) is 3.06. The van der Waals surface area contributed by atoms with E-state index in [1.54, 1.807) is 6.20 Å². The third-order valence-corrected chi connectivity index (χ3v) is 4.33. The van der Waals surface area contributed by atoms with Crippen LogP contribution in [0.1, 0.15) is 17.7 Å². The summed E-state index contributed by atoms with van der Waals surface area (Å²) >= 11 is 0. The molecular formula is C16H17N3O2. The summed E-state index contributed by atoms with van der Waals surface area (Å²) in [6.45, 7) is 2.68. The van der Waals surface area contributed by atoms with Crippen molar-refractivity contribution in [3.8, 4) is 0 Å². The fourth-order valence-corrected chi connectivity index (χ4v) is 3.14. The van der Waals surface area contributed by atoms with Crippen LogP contribution in [0.15, 0.2) is 24.4 Å². The summed E-state index contributed by atoms with van der Waals surface area (Å²) in [4.78, 5) is 23.4. The van der Waals surface area contributed by atoms with Crippen LogP contribution in [-0.2, 0) is 22.5 Å². The number of nitrogens with zero attached hydrogens (tertiary/aromatic N) is 3. The number of amides is 1. The Morgan fingerprint density at radius 2 is 2.38 bits per heavy atom. The molecule has 1 unspecified atom stereocenters. The second-order valence-corrected chi connectivity index (χ2v) is 5.71. The van der Waals surface area contributed by atoms with Crippen molar-refractivity contribution < 1.29 is 9.53 Å². The first-order valence-corrected chi connectivity index (χ1v) is 7.41. The number of pyridine rings is 2. The molecule has 0 radical (unpaired) electrons. The number of hydrogen-bond donors (Lipinski definition) is 0. The van der Waals surface area contributed by atoms with E-state index in [1.807, 2.05) is 17.0 Å². The van der Waals surface area contributed by atoms with Gasteiger partial charge in [-0.05, 0) is 30.2 Å². The number of ether oxygens (including phenoxy) is 1. The van der Waals surface area contributed by atoms with Crippen molar-refractivity contribution in [2.45, 2.75) is 19.4 Å². The Bertz CT molecular complexity index is 695. The Labute approximate surface area is 122 Å². The third kappa shape index (κ3) is 2.27. The molecule has 5 nitrogen and oxygen atoms in total. The van der Waals surface area contributed by atoms with Gasteiger partial charge in [-0.25, -0.2) is 9.97 Å². The second-order valence-electron chi connectivity index (χ2n) is 5.71. The maximum atomic E-state index is 12.5. The molecule has 0 spiro atoms. The number of carbonyl (C=O) groups excluding carboxylic acids is 1. The lowest BCUT2D eigenvalue weighted by atomic mass is 10.0. The predicted molar refractivity (Wildman–Crippen MR) is 77.6 cm³/mol. The smallest absolute Gasteiger partial charge is 0.228 e. The monoisotopic (exact) mass is 283 g/mol. The van der Waals surface area contributed by atoms with Crippen molar-refractivity contribution in [1.82, 2.24) is 14.9 Å². The van der Waals surface area contributed by atoms with Gasteiger partial charge in [0.1, 0.15) is 0 Å². The highest BCUT2D eigenvalue weighted by Crippen LogP contribution is 2.24. The van der Waals surface area contributed by atoms with E-state index in [1.165, 1.54) is 0 Å². The maximum Gasteiger partial charge on any atom is 0.228 e. The van der Waals surface area contributed by atoms with Crippen LogP contribution in [0.4, 0.5) is 0 Å². The van der Waals surface area contributed by atoms with Crippen LogP contribution in [0.3, 0.4) is 0 Å². The van der Waals surface area contributed by atoms with Crippen LogP contribution in [-0.4, -0.2) is 40.5 Å². The number of rotatable bonds is 1. The van der Waals surface area contributed by atoms with Crippen LogP contribution in [0.5, 0.6) is 0 Å². The van der Waals surface area contributed by atoms with Gasteiger partial charge in [0, 0.05) is 43.4 Å². The molecule has 2 aliphatic rings. The first-order chi connectivity index (χ1) is 10.3. The van der Waals surface area contributed by atoms with Gasteiger partial charge in [-0.2, -0.15) is 0 Å². The van der Waals surface area contributed by atoms with Crippen molar-refractivity contribution >= 4 is 16.9 Å². The van der Waals surface area contributed by atoms with Crippen LogP contribution in [0.2, 0.25) is 0 Å². The van der Waals surface area contributed by atoms with E-state index in [9.17, 15) is 4.79 Å². The molecule has 2 aromatic heterocycles. The van der Waals surface area contributed by atoms with Crippen molar-refractivity contribution in [2.24, 2.45) is 5.92 Å². The van der Waals surface area contributed by atoms with E-state index in [0.717, 1.165) is 41.7 Å². The molecule has 1 saturated heterocycles. The molecule has 0 saturated carbocycles. The largest absolute Gasteiger partial charge is 0.381 e. The first kappa shape index (κ1) is 12.7. The zero-order chi connectivity index (χ0) is 14.2. The van der Waals surface area contributed by atoms with E-state index in [4.69, 9.17) is 4.74 Å². The second kappa shape index (κ2) is 5.07. The highest BCUT2D eigenvalue weighted by atomic mass is 16.5. The molecule has 2 aliphatic heterocycles. The lowest BCUT2D eigenvalue weighted by Gasteiger charge is -2.30. The Morgan fingerprint density at radius 1 is 1.43 bits per heavy atom. The summed E-state index contributed by atoms with van der Waals surface area (Å²) in [6, 6.07) is 6.05. The molecule has 2 aromatic rings. The molecule has 4 rings (SSSR count). The van der Waals surface area contributed by atoms with E-state index < -0.39 is 0 Å². The van der Waals surface area contributed by atoms with Gasteiger partial charge in [0.25, 0.3) is 0 Å². The van der Waals surface area contributed by atoms with Crippen LogP contribution in [0, 0.1) is 5.92 Å². The Kier molecular flexibility index (Phi) is 3.07. The van der Waals surface area contributed by atoms with Crippen LogP contribution in [0.25, 0.3) is 11.0 Å². The topological polar surface area (TPSA) is 55.3 Å². The molecule has 108 valence electrons. The molecule has 0 bridgehead atoms. The molecule has 1 amide bonds. The van der Waals surface area contributed by atoms with Crippen LogP contribution >= 0.6 is 0 Å². The van der Waals surface area contributed by atoms with Crippen molar-refractivity contribution in [1.29, 1.82) is 0 Å². The number of aromatic nitrogens is 2. The quantitative estimate of drug-likeness (QED) is 0.797. The van der Waals surface area contributed by atoms with Crippen molar-refractivity contribution in [3.63, 3.8) is 0 Å². The van der Waals surface area contributed by atoms with E-state index in [-0.39, 0.29) is 11.8 Å². The van der Waals surface area contributed by atoms with Gasteiger partial charge in [0.15, 0.2) is 5.65 Å². The molecular weight excluding hydrogens is 266 g/mol. The van der Waals surface area contributed by atoms with E-state index in [2.05, 4.69) is 16.0 Å². The molecule has 0 aliphatic carbocycles. The lowest BCUT2D eigenvalue weighted by Crippen LogP contribution is -2.40. The molecule has 1 atom stereocenters. The summed E-state index contributed by atoms with van der Waals surface area (Å²) in [6.07, 6.45) is 3.42. The highest BCUT2D eigenvalue weighted by Gasteiger charge is 2.30. The van der Waals surface area contributed by atoms with Gasteiger partial charge in [-0.15, -0.1) is 0 Å². The summed E-state index contributed by atoms with van der Waals surface area (Å²) in [7, 11) is 0. The standard InChI is InChI=1S/C16H17N3O2/c20-16(12-4-7-21-10-12)19-6-3-14-13(9-19)8-11-2-1-5-17-15(11)18-14/h1-2,5,8,12H,3-4,6-7,9-10H2. The average molecular weight is 283 g/mol. The third-order valence-electron chi connectivity index (χ3n) is 4.33. The van der Waals surface area contributed by atoms with E-state index >= 15 is 0 Å². The maximum absolute atomic E-state index is 12.5. The minimum atomic E-state index is 0.0432. The number of fused-ring (bicyclic) bond motifs is 2.